The van der Waals surface area contributed by atoms with Gasteiger partial charge in [0.05, 0.1) is 18.8 Å². The Balaban J connectivity index is 0.00000161. The minimum absolute atomic E-state index is 0. The number of nitrogens with two attached hydrogens (primary N) is 1. The molecule has 1 aliphatic heterocycles. The number of hydrogen-bond donors (Lipinski definition) is 1. The number of guanidine groups is 1. The van der Waals surface area contributed by atoms with Crippen LogP contribution in [0.3, 0.4) is 0 Å². The molecule has 1 aromatic carbocycles. The average Bonchev–Trinajstić information content (AvgIpc) is 3.18. The predicted octanol–water partition coefficient (Wildman–Crippen LogP) is 2.85. The number of halogens is 2. The van der Waals surface area contributed by atoms with E-state index < -0.39 is 0 Å². The number of rotatable bonds is 2. The fraction of sp³-hybridized carbons (Fsp3) is 0.533. The maximum Gasteiger partial charge on any atom is 0.191 e. The minimum Gasteiger partial charge on any atom is -0.375 e. The molecule has 3 rings (SSSR count). The molecule has 2 aliphatic rings. The maximum absolute atomic E-state index is 6.12. The summed E-state index contributed by atoms with van der Waals surface area (Å²) in [6, 6.07) is 8.32. The van der Waals surface area contributed by atoms with E-state index in [2.05, 4.69) is 22.9 Å². The second-order valence-corrected chi connectivity index (χ2v) is 6.02. The van der Waals surface area contributed by atoms with Crippen LogP contribution in [0.15, 0.2) is 29.3 Å². The molecule has 1 aromatic rings. The predicted molar refractivity (Wildman–Crippen MR) is 96.6 cm³/mol. The third-order valence-corrected chi connectivity index (χ3v) is 4.13. The van der Waals surface area contributed by atoms with Crippen molar-refractivity contribution in [3.8, 4) is 0 Å². The van der Waals surface area contributed by atoms with Gasteiger partial charge in [0.1, 0.15) is 0 Å². The van der Waals surface area contributed by atoms with E-state index in [0.717, 1.165) is 31.1 Å². The summed E-state index contributed by atoms with van der Waals surface area (Å²) in [4.78, 5) is 6.77. The number of benzene rings is 1. The van der Waals surface area contributed by atoms with Crippen molar-refractivity contribution in [2.75, 3.05) is 19.7 Å². The summed E-state index contributed by atoms with van der Waals surface area (Å²) in [6.45, 7) is 4.43. The molecule has 2 N–H and O–H groups in total. The van der Waals surface area contributed by atoms with Crippen molar-refractivity contribution < 1.29 is 4.74 Å². The minimum atomic E-state index is 0. The molecule has 116 valence electrons. The van der Waals surface area contributed by atoms with Crippen molar-refractivity contribution in [1.29, 1.82) is 0 Å². The van der Waals surface area contributed by atoms with Gasteiger partial charge in [-0.25, -0.2) is 4.99 Å². The van der Waals surface area contributed by atoms with E-state index in [1.807, 2.05) is 18.2 Å². The Morgan fingerprint density at radius 1 is 1.48 bits per heavy atom. The summed E-state index contributed by atoms with van der Waals surface area (Å²) in [5.74, 6) is 1.11. The highest BCUT2D eigenvalue weighted by molar-refractivity contribution is 14.0. The second-order valence-electron chi connectivity index (χ2n) is 5.58. The lowest BCUT2D eigenvalue weighted by Gasteiger charge is -2.31. The third-order valence-electron chi connectivity index (χ3n) is 3.90. The smallest absolute Gasteiger partial charge is 0.191 e. The van der Waals surface area contributed by atoms with Crippen LogP contribution in [0.25, 0.3) is 0 Å². The Morgan fingerprint density at radius 2 is 2.29 bits per heavy atom. The van der Waals surface area contributed by atoms with Crippen molar-refractivity contribution in [2.45, 2.75) is 31.4 Å². The van der Waals surface area contributed by atoms with Gasteiger partial charge in [-0.15, -0.1) is 24.0 Å². The van der Waals surface area contributed by atoms with Gasteiger partial charge in [0.25, 0.3) is 0 Å². The normalized spacial score (nSPS) is 29.0. The van der Waals surface area contributed by atoms with E-state index in [9.17, 15) is 0 Å². The van der Waals surface area contributed by atoms with Gasteiger partial charge in [-0.1, -0.05) is 23.7 Å². The van der Waals surface area contributed by atoms with Crippen LogP contribution in [0.2, 0.25) is 5.02 Å². The molecule has 21 heavy (non-hydrogen) atoms. The quantitative estimate of drug-likeness (QED) is 0.454. The van der Waals surface area contributed by atoms with E-state index in [0.29, 0.717) is 17.9 Å². The van der Waals surface area contributed by atoms with Crippen LogP contribution in [0.4, 0.5) is 0 Å². The molecule has 0 radical (unpaired) electrons. The zero-order valence-corrected chi connectivity index (χ0v) is 15.1. The van der Waals surface area contributed by atoms with E-state index in [1.165, 1.54) is 5.56 Å². The molecule has 0 spiro atoms. The van der Waals surface area contributed by atoms with Crippen LogP contribution in [-0.2, 0) is 4.74 Å². The summed E-state index contributed by atoms with van der Waals surface area (Å²) < 4.78 is 5.52. The molecule has 6 heteroatoms. The molecule has 0 aromatic heterocycles. The molecule has 1 aliphatic carbocycles. The first-order valence-electron chi connectivity index (χ1n) is 7.09. The van der Waals surface area contributed by atoms with Crippen LogP contribution < -0.4 is 5.73 Å². The van der Waals surface area contributed by atoms with Gasteiger partial charge in [0.15, 0.2) is 5.96 Å². The van der Waals surface area contributed by atoms with Crippen molar-refractivity contribution in [3.05, 3.63) is 34.9 Å². The van der Waals surface area contributed by atoms with E-state index in [-0.39, 0.29) is 30.1 Å². The highest BCUT2D eigenvalue weighted by atomic mass is 127. The summed E-state index contributed by atoms with van der Waals surface area (Å²) in [5, 5.41) is 0.784. The first-order chi connectivity index (χ1) is 9.63. The number of ether oxygens (including phenoxy) is 1. The van der Waals surface area contributed by atoms with Crippen molar-refractivity contribution in [2.24, 2.45) is 10.7 Å². The summed E-state index contributed by atoms with van der Waals surface area (Å²) >= 11 is 6.03. The molecule has 1 unspecified atom stereocenters. The molecule has 0 amide bonds. The molecular formula is C15H21ClIN3O. The molecule has 1 saturated carbocycles. The van der Waals surface area contributed by atoms with Gasteiger partial charge in [-0.05, 0) is 31.0 Å². The zero-order valence-electron chi connectivity index (χ0n) is 12.0. The summed E-state index contributed by atoms with van der Waals surface area (Å²) in [7, 11) is 0. The Hall–Kier alpha value is -0.530. The SMILES string of the molecule is CC1CN(C(N)=N[C@@H]2C[C@H]2c2cccc(Cl)c2)CCO1.I. The topological polar surface area (TPSA) is 50.8 Å². The lowest BCUT2D eigenvalue weighted by Crippen LogP contribution is -2.48. The van der Waals surface area contributed by atoms with Gasteiger partial charge in [-0.3, -0.25) is 0 Å². The number of aliphatic imine (C=N–C) groups is 1. The first-order valence-corrected chi connectivity index (χ1v) is 7.46. The number of hydrogen-bond acceptors (Lipinski definition) is 2. The Bertz CT molecular complexity index is 525. The summed E-state index contributed by atoms with van der Waals surface area (Å²) in [5.41, 5.74) is 7.37. The average molecular weight is 422 g/mol. The first kappa shape index (κ1) is 16.8. The maximum atomic E-state index is 6.12. The molecule has 0 bridgehead atoms. The van der Waals surface area contributed by atoms with Crippen molar-refractivity contribution >= 4 is 41.5 Å². The third kappa shape index (κ3) is 4.23. The number of nitrogens with zero attached hydrogens (tertiary/aromatic N) is 2. The van der Waals surface area contributed by atoms with Crippen LogP contribution in [0.1, 0.15) is 24.8 Å². The highest BCUT2D eigenvalue weighted by Crippen LogP contribution is 2.44. The summed E-state index contributed by atoms with van der Waals surface area (Å²) in [6.07, 6.45) is 1.28. The zero-order chi connectivity index (χ0) is 14.1. The molecular weight excluding hydrogens is 401 g/mol. The van der Waals surface area contributed by atoms with Gasteiger partial charge in [0, 0.05) is 24.0 Å². The van der Waals surface area contributed by atoms with Crippen LogP contribution >= 0.6 is 35.6 Å². The van der Waals surface area contributed by atoms with Crippen molar-refractivity contribution in [3.63, 3.8) is 0 Å². The molecule has 1 heterocycles. The van der Waals surface area contributed by atoms with Gasteiger partial charge < -0.3 is 15.4 Å². The fourth-order valence-corrected chi connectivity index (χ4v) is 2.90. The van der Waals surface area contributed by atoms with E-state index in [1.54, 1.807) is 0 Å². The molecule has 4 nitrogen and oxygen atoms in total. The van der Waals surface area contributed by atoms with Gasteiger partial charge >= 0.3 is 0 Å². The van der Waals surface area contributed by atoms with E-state index >= 15 is 0 Å². The Kier molecular flexibility index (Phi) is 5.73. The largest absolute Gasteiger partial charge is 0.375 e. The molecule has 1 saturated heterocycles. The second kappa shape index (κ2) is 7.15. The lowest BCUT2D eigenvalue weighted by molar-refractivity contribution is 0.00528. The van der Waals surface area contributed by atoms with Crippen LogP contribution in [0, 0.1) is 0 Å². The fourth-order valence-electron chi connectivity index (χ4n) is 2.70. The number of morpholine rings is 1. The van der Waals surface area contributed by atoms with Gasteiger partial charge in [-0.2, -0.15) is 0 Å². The van der Waals surface area contributed by atoms with Crippen molar-refractivity contribution in [1.82, 2.24) is 4.90 Å². The van der Waals surface area contributed by atoms with Crippen LogP contribution in [0.5, 0.6) is 0 Å². The monoisotopic (exact) mass is 421 g/mol. The Labute approximate surface area is 147 Å². The van der Waals surface area contributed by atoms with E-state index in [4.69, 9.17) is 22.1 Å². The van der Waals surface area contributed by atoms with Crippen LogP contribution in [-0.4, -0.2) is 42.7 Å². The highest BCUT2D eigenvalue weighted by Gasteiger charge is 2.39. The molecule has 2 fully saturated rings. The lowest BCUT2D eigenvalue weighted by atomic mass is 10.1. The molecule has 3 atom stereocenters. The Morgan fingerprint density at radius 3 is 3.00 bits per heavy atom. The standard InChI is InChI=1S/C15H20ClN3O.HI/c1-10-9-19(5-6-20-10)15(17)18-14-8-13(14)11-3-2-4-12(16)7-11;/h2-4,7,10,13-14H,5-6,8-9H2,1H3,(H2,17,18);1H/t10?,13-,14+;/m0./s1. The van der Waals surface area contributed by atoms with Gasteiger partial charge in [0.2, 0.25) is 0 Å².